The Hall–Kier alpha value is -3.16. The minimum atomic E-state index is -1.62. The molecule has 1 heterocycles. The van der Waals surface area contributed by atoms with Crippen LogP contribution in [0.25, 0.3) is 0 Å². The number of allylic oxidation sites excluding steroid dienone is 13. The number of rotatable bonds is 62. The molecule has 1 amide bonds. The Bertz CT molecular complexity index is 1740. The molecule has 504 valence electrons. The van der Waals surface area contributed by atoms with Crippen molar-refractivity contribution in [1.29, 1.82) is 0 Å². The summed E-state index contributed by atoms with van der Waals surface area (Å²) in [5, 5.41) is 57.2. The smallest absolute Gasteiger partial charge is 0.306 e. The predicted molar refractivity (Wildman–Crippen MR) is 366 cm³/mol. The average molecular weight is 1220 g/mol. The highest BCUT2D eigenvalue weighted by Gasteiger charge is 2.47. The van der Waals surface area contributed by atoms with Crippen molar-refractivity contribution in [2.45, 2.75) is 372 Å². The van der Waals surface area contributed by atoms with Crippen LogP contribution in [0.3, 0.4) is 0 Å². The fraction of sp³-hybridized carbons (Fsp3) is 0.789. The summed E-state index contributed by atoms with van der Waals surface area (Å²) in [5.74, 6) is -1.20. The molecule has 11 heteroatoms. The van der Waals surface area contributed by atoms with Crippen molar-refractivity contribution >= 4 is 11.9 Å². The molecule has 1 fully saturated rings. The number of nitrogens with one attached hydrogen (secondary N) is 1. The summed E-state index contributed by atoms with van der Waals surface area (Å²) < 4.78 is 17.7. The van der Waals surface area contributed by atoms with Gasteiger partial charge in [-0.25, -0.2) is 0 Å². The number of ether oxygens (including phenoxy) is 3. The van der Waals surface area contributed by atoms with E-state index in [1.807, 2.05) is 6.08 Å². The van der Waals surface area contributed by atoms with Gasteiger partial charge in [0.2, 0.25) is 5.91 Å². The van der Waals surface area contributed by atoms with Crippen molar-refractivity contribution in [3.8, 4) is 0 Å². The van der Waals surface area contributed by atoms with Gasteiger partial charge in [0.05, 0.1) is 25.4 Å². The first kappa shape index (κ1) is 81.9. The number of amides is 1. The molecule has 1 aliphatic rings. The van der Waals surface area contributed by atoms with Crippen molar-refractivity contribution in [1.82, 2.24) is 5.32 Å². The summed E-state index contributed by atoms with van der Waals surface area (Å²) in [6, 6.07) is -1.03. The zero-order valence-corrected chi connectivity index (χ0v) is 56.1. The normalized spacial score (nSPS) is 18.7. The van der Waals surface area contributed by atoms with Crippen LogP contribution < -0.4 is 5.32 Å². The molecule has 0 saturated carbocycles. The number of carbonyl (C=O) groups is 2. The first-order valence-corrected chi connectivity index (χ1v) is 36.4. The van der Waals surface area contributed by atoms with Crippen LogP contribution in [0, 0.1) is 0 Å². The lowest BCUT2D eigenvalue weighted by Gasteiger charge is -2.41. The number of esters is 1. The molecule has 6 N–H and O–H groups in total. The quantitative estimate of drug-likeness (QED) is 0.0195. The largest absolute Gasteiger partial charge is 0.454 e. The van der Waals surface area contributed by atoms with Crippen molar-refractivity contribution in [2.24, 2.45) is 0 Å². The molecule has 0 radical (unpaired) electrons. The maximum atomic E-state index is 13.5. The lowest BCUT2D eigenvalue weighted by atomic mass is 9.99. The highest BCUT2D eigenvalue weighted by molar-refractivity contribution is 5.80. The number of hydrogen-bond acceptors (Lipinski definition) is 10. The third-order valence-corrected chi connectivity index (χ3v) is 16.8. The van der Waals surface area contributed by atoms with Gasteiger partial charge in [-0.3, -0.25) is 9.59 Å². The van der Waals surface area contributed by atoms with Gasteiger partial charge in [0.15, 0.2) is 12.4 Å². The van der Waals surface area contributed by atoms with E-state index in [0.717, 1.165) is 96.3 Å². The Kier molecular flexibility index (Phi) is 59.3. The second kappa shape index (κ2) is 63.0. The molecular weight excluding hydrogens is 1090 g/mol. The predicted octanol–water partition coefficient (Wildman–Crippen LogP) is 18.8. The summed E-state index contributed by atoms with van der Waals surface area (Å²) in [6.07, 6.45) is 73.3. The SMILES string of the molecule is CCCCC/C=C\C/C=C\C/C=C\C/C=C\CCCCCCCCCCCCCC(=O)OC1C(OCC(NC(=O)C(O)CCCCCCCCCCCC/C=C\C/C=C\CCCCC)C(O)/C=C/CCCCCCCCCCC)OC(CO)C(O)C1O. The summed E-state index contributed by atoms with van der Waals surface area (Å²) in [6.45, 7) is 5.76. The zero-order valence-electron chi connectivity index (χ0n) is 56.1. The van der Waals surface area contributed by atoms with Gasteiger partial charge in [0.1, 0.15) is 24.4 Å². The first-order chi connectivity index (χ1) is 42.7. The second-order valence-electron chi connectivity index (χ2n) is 25.0. The molecule has 0 aromatic carbocycles. The maximum Gasteiger partial charge on any atom is 0.306 e. The van der Waals surface area contributed by atoms with E-state index in [1.165, 1.54) is 180 Å². The van der Waals surface area contributed by atoms with Gasteiger partial charge in [0.25, 0.3) is 0 Å². The molecule has 0 aliphatic carbocycles. The van der Waals surface area contributed by atoms with Gasteiger partial charge in [-0.15, -0.1) is 0 Å². The fourth-order valence-corrected chi connectivity index (χ4v) is 11.0. The van der Waals surface area contributed by atoms with Crippen molar-refractivity contribution in [3.05, 3.63) is 85.1 Å². The van der Waals surface area contributed by atoms with Gasteiger partial charge in [0, 0.05) is 6.42 Å². The molecule has 8 atom stereocenters. The third kappa shape index (κ3) is 50.2. The van der Waals surface area contributed by atoms with Crippen LogP contribution >= 0.6 is 0 Å². The van der Waals surface area contributed by atoms with Crippen molar-refractivity contribution in [3.63, 3.8) is 0 Å². The Labute approximate surface area is 533 Å². The lowest BCUT2D eigenvalue weighted by molar-refractivity contribution is -0.305. The molecule has 0 aromatic heterocycles. The van der Waals surface area contributed by atoms with Crippen molar-refractivity contribution < 1.29 is 49.3 Å². The molecule has 1 aliphatic heterocycles. The van der Waals surface area contributed by atoms with E-state index in [1.54, 1.807) is 6.08 Å². The number of hydrogen-bond donors (Lipinski definition) is 6. The number of aliphatic hydroxyl groups is 5. The van der Waals surface area contributed by atoms with E-state index >= 15 is 0 Å². The summed E-state index contributed by atoms with van der Waals surface area (Å²) >= 11 is 0. The molecule has 8 unspecified atom stereocenters. The standard InChI is InChI=1S/C76H135NO10/c1-4-7-10-13-16-19-22-24-26-28-30-32-33-34-35-36-37-38-40-42-44-46-49-52-55-58-61-64-71(81)87-74-73(83)72(82)70(65-78)86-76(74)85-66-67(68(79)62-59-56-53-50-47-21-18-15-12-9-6-3)77-75(84)69(80)63-60-57-54-51-48-45-43-41-39-31-29-27-25-23-20-17-14-11-8-5-2/h16-17,19-20,24-27,30,32,34-35,59,62,67-70,72-74,76,78-80,82-83H,4-15,18,21-23,28-29,31,33,36-58,60-61,63-66H2,1-3H3,(H,77,84)/b19-16-,20-17-,26-24-,27-25-,32-30-,35-34-,62-59+. The summed E-state index contributed by atoms with van der Waals surface area (Å²) in [5.41, 5.74) is 0. The van der Waals surface area contributed by atoms with Gasteiger partial charge in [-0.05, 0) is 103 Å². The molecule has 11 nitrogen and oxygen atoms in total. The number of carbonyl (C=O) groups excluding carboxylic acids is 2. The maximum absolute atomic E-state index is 13.5. The van der Waals surface area contributed by atoms with Crippen LogP contribution in [0.2, 0.25) is 0 Å². The monoisotopic (exact) mass is 1220 g/mol. The van der Waals surface area contributed by atoms with Gasteiger partial charge >= 0.3 is 5.97 Å². The van der Waals surface area contributed by atoms with Gasteiger partial charge < -0.3 is 45.1 Å². The second-order valence-corrected chi connectivity index (χ2v) is 25.0. The van der Waals surface area contributed by atoms with E-state index in [4.69, 9.17) is 14.2 Å². The fourth-order valence-electron chi connectivity index (χ4n) is 11.0. The van der Waals surface area contributed by atoms with Crippen LogP contribution in [-0.2, 0) is 23.8 Å². The summed E-state index contributed by atoms with van der Waals surface area (Å²) in [4.78, 5) is 26.7. The molecule has 0 spiro atoms. The highest BCUT2D eigenvalue weighted by atomic mass is 16.7. The Morgan fingerprint density at radius 3 is 1.21 bits per heavy atom. The topological polar surface area (TPSA) is 175 Å². The van der Waals surface area contributed by atoms with Crippen LogP contribution in [-0.4, -0.2) is 99.6 Å². The van der Waals surface area contributed by atoms with E-state index in [9.17, 15) is 35.1 Å². The van der Waals surface area contributed by atoms with Crippen LogP contribution in [0.1, 0.15) is 323 Å². The lowest BCUT2D eigenvalue weighted by Crippen LogP contribution is -2.61. The first-order valence-electron chi connectivity index (χ1n) is 36.4. The van der Waals surface area contributed by atoms with E-state index < -0.39 is 67.4 Å². The molecule has 0 bridgehead atoms. The Morgan fingerprint density at radius 1 is 0.448 bits per heavy atom. The van der Waals surface area contributed by atoms with Crippen molar-refractivity contribution in [2.75, 3.05) is 13.2 Å². The zero-order chi connectivity index (χ0) is 63.1. The van der Waals surface area contributed by atoms with Gasteiger partial charge in [-0.2, -0.15) is 0 Å². The number of aliphatic hydroxyl groups excluding tert-OH is 5. The minimum Gasteiger partial charge on any atom is -0.454 e. The van der Waals surface area contributed by atoms with Crippen LogP contribution in [0.4, 0.5) is 0 Å². The highest BCUT2D eigenvalue weighted by Crippen LogP contribution is 2.26. The molecule has 1 saturated heterocycles. The Morgan fingerprint density at radius 2 is 0.793 bits per heavy atom. The Balaban J connectivity index is 2.53. The molecular formula is C76H135NO10. The van der Waals surface area contributed by atoms with Crippen LogP contribution in [0.15, 0.2) is 85.1 Å². The molecule has 87 heavy (non-hydrogen) atoms. The van der Waals surface area contributed by atoms with E-state index in [-0.39, 0.29) is 19.4 Å². The minimum absolute atomic E-state index is 0.117. The summed E-state index contributed by atoms with van der Waals surface area (Å²) in [7, 11) is 0. The molecule has 1 rings (SSSR count). The third-order valence-electron chi connectivity index (χ3n) is 16.8. The number of unbranched alkanes of at least 4 members (excludes halogenated alkanes) is 36. The van der Waals surface area contributed by atoms with E-state index in [0.29, 0.717) is 12.8 Å². The van der Waals surface area contributed by atoms with Gasteiger partial charge in [-0.1, -0.05) is 298 Å². The molecule has 0 aromatic rings. The average Bonchev–Trinajstić information content (AvgIpc) is 2.93. The van der Waals surface area contributed by atoms with Crippen LogP contribution in [0.5, 0.6) is 0 Å². The van der Waals surface area contributed by atoms with E-state index in [2.05, 4.69) is 99.0 Å².